The molecule has 2 aromatic rings. The average molecular weight is 337 g/mol. The summed E-state index contributed by atoms with van der Waals surface area (Å²) in [5.41, 5.74) is 1.26. The van der Waals surface area contributed by atoms with E-state index in [-0.39, 0.29) is 11.3 Å². The molecule has 0 radical (unpaired) electrons. The van der Waals surface area contributed by atoms with Gasteiger partial charge in [-0.15, -0.1) is 0 Å². The lowest BCUT2D eigenvalue weighted by atomic mass is 10.1. The Balaban J connectivity index is 2.30. The molecule has 0 atom stereocenters. The SMILES string of the molecule is Cc1cccc(C(=O)OC(C)(C)C)c1NC(=O)c1ccc(C#N)cn1. The van der Waals surface area contributed by atoms with E-state index in [4.69, 9.17) is 10.00 Å². The zero-order valence-electron chi connectivity index (χ0n) is 14.6. The molecule has 6 heteroatoms. The second-order valence-electron chi connectivity index (χ2n) is 6.50. The lowest BCUT2D eigenvalue weighted by Gasteiger charge is -2.21. The predicted molar refractivity (Wildman–Crippen MR) is 93.3 cm³/mol. The van der Waals surface area contributed by atoms with Crippen LogP contribution in [-0.4, -0.2) is 22.5 Å². The predicted octanol–water partition coefficient (Wildman–Crippen LogP) is 3.47. The lowest BCUT2D eigenvalue weighted by Crippen LogP contribution is -2.25. The smallest absolute Gasteiger partial charge is 0.340 e. The Labute approximate surface area is 146 Å². The second-order valence-corrected chi connectivity index (χ2v) is 6.50. The highest BCUT2D eigenvalue weighted by atomic mass is 16.6. The number of amides is 1. The quantitative estimate of drug-likeness (QED) is 0.866. The number of nitriles is 1. The summed E-state index contributed by atoms with van der Waals surface area (Å²) in [5.74, 6) is -0.983. The van der Waals surface area contributed by atoms with Gasteiger partial charge in [0.1, 0.15) is 17.4 Å². The van der Waals surface area contributed by atoms with Gasteiger partial charge in [0, 0.05) is 6.20 Å². The molecular weight excluding hydrogens is 318 g/mol. The van der Waals surface area contributed by atoms with Crippen molar-refractivity contribution in [2.45, 2.75) is 33.3 Å². The first-order valence-corrected chi connectivity index (χ1v) is 7.72. The van der Waals surface area contributed by atoms with Gasteiger partial charge in [-0.3, -0.25) is 4.79 Å². The number of carbonyl (C=O) groups excluding carboxylic acids is 2. The Kier molecular flexibility index (Phi) is 5.18. The molecule has 1 aromatic heterocycles. The number of carbonyl (C=O) groups is 2. The largest absolute Gasteiger partial charge is 0.456 e. The van der Waals surface area contributed by atoms with Gasteiger partial charge < -0.3 is 10.1 Å². The summed E-state index contributed by atoms with van der Waals surface area (Å²) in [6.45, 7) is 7.12. The molecule has 0 aliphatic rings. The van der Waals surface area contributed by atoms with Crippen LogP contribution >= 0.6 is 0 Å². The van der Waals surface area contributed by atoms with Crippen molar-refractivity contribution in [3.05, 3.63) is 58.9 Å². The second kappa shape index (κ2) is 7.14. The van der Waals surface area contributed by atoms with Gasteiger partial charge in [0.15, 0.2) is 0 Å². The normalized spacial score (nSPS) is 10.7. The number of benzene rings is 1. The third-order valence-corrected chi connectivity index (χ3v) is 3.26. The van der Waals surface area contributed by atoms with Crippen molar-refractivity contribution in [2.75, 3.05) is 5.32 Å². The van der Waals surface area contributed by atoms with Crippen LogP contribution in [0.25, 0.3) is 0 Å². The van der Waals surface area contributed by atoms with E-state index in [1.807, 2.05) is 6.07 Å². The van der Waals surface area contributed by atoms with Crippen LogP contribution in [0.3, 0.4) is 0 Å². The summed E-state index contributed by atoms with van der Waals surface area (Å²) in [6.07, 6.45) is 1.32. The summed E-state index contributed by atoms with van der Waals surface area (Å²) >= 11 is 0. The molecule has 1 amide bonds. The summed E-state index contributed by atoms with van der Waals surface area (Å²) in [5, 5.41) is 11.5. The molecule has 0 saturated carbocycles. The first-order chi connectivity index (χ1) is 11.7. The van der Waals surface area contributed by atoms with Crippen LogP contribution in [0.1, 0.15) is 52.7 Å². The highest BCUT2D eigenvalue weighted by Gasteiger charge is 2.22. The van der Waals surface area contributed by atoms with Crippen LogP contribution in [0.5, 0.6) is 0 Å². The summed E-state index contributed by atoms with van der Waals surface area (Å²) in [4.78, 5) is 28.8. The van der Waals surface area contributed by atoms with Gasteiger partial charge in [-0.2, -0.15) is 5.26 Å². The van der Waals surface area contributed by atoms with E-state index in [2.05, 4.69) is 10.3 Å². The lowest BCUT2D eigenvalue weighted by molar-refractivity contribution is 0.00707. The molecule has 0 fully saturated rings. The molecule has 0 unspecified atom stereocenters. The number of aryl methyl sites for hydroxylation is 1. The standard InChI is InChI=1S/C19H19N3O3/c1-12-6-5-7-14(18(24)25-19(2,3)4)16(12)22-17(23)15-9-8-13(10-20)11-21-15/h5-9,11H,1-4H3,(H,22,23). The van der Waals surface area contributed by atoms with Gasteiger partial charge in [-0.25, -0.2) is 9.78 Å². The van der Waals surface area contributed by atoms with Crippen molar-refractivity contribution in [3.8, 4) is 6.07 Å². The molecule has 0 spiro atoms. The van der Waals surface area contributed by atoms with Crippen LogP contribution in [-0.2, 0) is 4.74 Å². The van der Waals surface area contributed by atoms with Gasteiger partial charge in [-0.05, 0) is 51.5 Å². The number of pyridine rings is 1. The molecule has 6 nitrogen and oxygen atoms in total. The van der Waals surface area contributed by atoms with E-state index in [0.29, 0.717) is 11.3 Å². The summed E-state index contributed by atoms with van der Waals surface area (Å²) in [7, 11) is 0. The number of aromatic nitrogens is 1. The number of anilines is 1. The number of nitrogens with zero attached hydrogens (tertiary/aromatic N) is 2. The minimum absolute atomic E-state index is 0.150. The molecule has 1 heterocycles. The summed E-state index contributed by atoms with van der Waals surface area (Å²) < 4.78 is 5.40. The molecule has 25 heavy (non-hydrogen) atoms. The maximum atomic E-state index is 12.4. The Morgan fingerprint density at radius 3 is 2.48 bits per heavy atom. The van der Waals surface area contributed by atoms with E-state index in [0.717, 1.165) is 5.56 Å². The third kappa shape index (κ3) is 4.64. The zero-order chi connectivity index (χ0) is 18.6. The van der Waals surface area contributed by atoms with E-state index in [1.54, 1.807) is 45.9 Å². The average Bonchev–Trinajstić information content (AvgIpc) is 2.55. The minimum atomic E-state index is -0.642. The monoisotopic (exact) mass is 337 g/mol. The van der Waals surface area contributed by atoms with Crippen LogP contribution in [0.4, 0.5) is 5.69 Å². The molecule has 1 N–H and O–H groups in total. The molecule has 0 bridgehead atoms. The third-order valence-electron chi connectivity index (χ3n) is 3.26. The first-order valence-electron chi connectivity index (χ1n) is 7.72. The fraction of sp³-hybridized carbons (Fsp3) is 0.263. The van der Waals surface area contributed by atoms with Crippen molar-refractivity contribution in [1.82, 2.24) is 4.98 Å². The number of nitrogens with one attached hydrogen (secondary N) is 1. The van der Waals surface area contributed by atoms with Gasteiger partial charge in [0.25, 0.3) is 5.91 Å². The van der Waals surface area contributed by atoms with Crippen LogP contribution in [0.2, 0.25) is 0 Å². The number of rotatable bonds is 3. The van der Waals surface area contributed by atoms with Gasteiger partial charge in [0.2, 0.25) is 0 Å². The van der Waals surface area contributed by atoms with E-state index < -0.39 is 17.5 Å². The minimum Gasteiger partial charge on any atom is -0.456 e. The highest BCUT2D eigenvalue weighted by Crippen LogP contribution is 2.24. The van der Waals surface area contributed by atoms with Crippen molar-refractivity contribution in [1.29, 1.82) is 5.26 Å². The Bertz CT molecular complexity index is 844. The van der Waals surface area contributed by atoms with Gasteiger partial charge in [-0.1, -0.05) is 12.1 Å². The molecule has 2 rings (SSSR count). The number of para-hydroxylation sites is 1. The van der Waals surface area contributed by atoms with E-state index in [1.165, 1.54) is 18.3 Å². The maximum absolute atomic E-state index is 12.4. The number of hydrogen-bond donors (Lipinski definition) is 1. The molecule has 128 valence electrons. The number of ether oxygens (including phenoxy) is 1. The van der Waals surface area contributed by atoms with Crippen molar-refractivity contribution >= 4 is 17.6 Å². The summed E-state index contributed by atoms with van der Waals surface area (Å²) in [6, 6.07) is 10.0. The Hall–Kier alpha value is -3.20. The molecule has 0 aliphatic heterocycles. The number of esters is 1. The zero-order valence-corrected chi connectivity index (χ0v) is 14.6. The fourth-order valence-electron chi connectivity index (χ4n) is 2.11. The Morgan fingerprint density at radius 2 is 1.92 bits per heavy atom. The number of hydrogen-bond acceptors (Lipinski definition) is 5. The first kappa shape index (κ1) is 18.1. The van der Waals surface area contributed by atoms with Crippen LogP contribution in [0.15, 0.2) is 36.5 Å². The molecule has 1 aromatic carbocycles. The van der Waals surface area contributed by atoms with E-state index in [9.17, 15) is 9.59 Å². The molecule has 0 aliphatic carbocycles. The van der Waals surface area contributed by atoms with Crippen LogP contribution < -0.4 is 5.32 Å². The molecule has 0 saturated heterocycles. The van der Waals surface area contributed by atoms with Gasteiger partial charge in [0.05, 0.1) is 16.8 Å². The van der Waals surface area contributed by atoms with Crippen molar-refractivity contribution in [2.24, 2.45) is 0 Å². The Morgan fingerprint density at radius 1 is 1.20 bits per heavy atom. The van der Waals surface area contributed by atoms with Crippen molar-refractivity contribution in [3.63, 3.8) is 0 Å². The van der Waals surface area contributed by atoms with E-state index >= 15 is 0 Å². The molecular formula is C19H19N3O3. The van der Waals surface area contributed by atoms with Crippen molar-refractivity contribution < 1.29 is 14.3 Å². The fourth-order valence-corrected chi connectivity index (χ4v) is 2.11. The highest BCUT2D eigenvalue weighted by molar-refractivity contribution is 6.07. The van der Waals surface area contributed by atoms with Crippen LogP contribution in [0, 0.1) is 18.3 Å². The topological polar surface area (TPSA) is 92.1 Å². The van der Waals surface area contributed by atoms with Gasteiger partial charge >= 0.3 is 5.97 Å². The maximum Gasteiger partial charge on any atom is 0.340 e.